The van der Waals surface area contributed by atoms with Gasteiger partial charge >= 0.3 is 7.12 Å². The number of hydrogen-bond donors (Lipinski definition) is 0. The van der Waals surface area contributed by atoms with Gasteiger partial charge in [-0.05, 0) is 80.3 Å². The van der Waals surface area contributed by atoms with Crippen LogP contribution in [-0.4, -0.2) is 18.3 Å². The Kier molecular flexibility index (Phi) is 7.05. The van der Waals surface area contributed by atoms with Crippen molar-refractivity contribution in [3.05, 3.63) is 146 Å². The Bertz CT molecular complexity index is 2090. The van der Waals surface area contributed by atoms with Crippen molar-refractivity contribution in [3.8, 4) is 22.3 Å². The van der Waals surface area contributed by atoms with Gasteiger partial charge in [-0.25, -0.2) is 0 Å². The van der Waals surface area contributed by atoms with Crippen LogP contribution < -0.4 is 10.4 Å². The molecule has 1 aromatic heterocycles. The van der Waals surface area contributed by atoms with E-state index in [0.29, 0.717) is 0 Å². The Hall–Kier alpha value is -5.10. The van der Waals surface area contributed by atoms with Crippen LogP contribution in [0.4, 0.5) is 17.1 Å². The molecular weight excluding hydrogens is 577 g/mol. The van der Waals surface area contributed by atoms with E-state index in [4.69, 9.17) is 13.7 Å². The molecule has 7 aromatic rings. The summed E-state index contributed by atoms with van der Waals surface area (Å²) in [5, 5.41) is 2.08. The minimum absolute atomic E-state index is 0.453. The van der Waals surface area contributed by atoms with Gasteiger partial charge in [0.05, 0.1) is 16.9 Å². The Balaban J connectivity index is 1.28. The molecule has 1 aliphatic heterocycles. The highest BCUT2D eigenvalue weighted by molar-refractivity contribution is 6.65. The molecule has 4 nitrogen and oxygen atoms in total. The first-order valence-corrected chi connectivity index (χ1v) is 16.2. The minimum atomic E-state index is -0.528. The Morgan fingerprint density at radius 2 is 0.894 bits per heavy atom. The normalized spacial score (nSPS) is 15.4. The summed E-state index contributed by atoms with van der Waals surface area (Å²) < 4.78 is 19.8. The van der Waals surface area contributed by atoms with E-state index in [2.05, 4.69) is 166 Å². The zero-order chi connectivity index (χ0) is 32.2. The lowest BCUT2D eigenvalue weighted by atomic mass is 9.78. The fourth-order valence-electron chi connectivity index (χ4n) is 6.45. The van der Waals surface area contributed by atoms with Crippen LogP contribution in [-0.2, 0) is 9.31 Å². The third-order valence-corrected chi connectivity index (χ3v) is 9.75. The molecule has 230 valence electrons. The van der Waals surface area contributed by atoms with Crippen LogP contribution in [0.3, 0.4) is 0 Å². The maximum Gasteiger partial charge on any atom is 0.498 e. The van der Waals surface area contributed by atoms with Crippen LogP contribution in [0, 0.1) is 0 Å². The molecule has 5 heteroatoms. The van der Waals surface area contributed by atoms with Crippen molar-refractivity contribution >= 4 is 51.6 Å². The molecule has 0 unspecified atom stereocenters. The van der Waals surface area contributed by atoms with Crippen molar-refractivity contribution in [1.82, 2.24) is 0 Å². The first-order valence-electron chi connectivity index (χ1n) is 16.2. The van der Waals surface area contributed by atoms with Gasteiger partial charge in [-0.1, -0.05) is 115 Å². The van der Waals surface area contributed by atoms with E-state index in [1.165, 1.54) is 22.3 Å². The fourth-order valence-corrected chi connectivity index (χ4v) is 6.45. The topological polar surface area (TPSA) is 34.8 Å². The highest BCUT2D eigenvalue weighted by Crippen LogP contribution is 2.43. The number of para-hydroxylation sites is 2. The van der Waals surface area contributed by atoms with Crippen LogP contribution >= 0.6 is 0 Å². The summed E-state index contributed by atoms with van der Waals surface area (Å²) in [6, 6.07) is 51.0. The lowest BCUT2D eigenvalue weighted by molar-refractivity contribution is 0.00578. The van der Waals surface area contributed by atoms with Gasteiger partial charge in [0.25, 0.3) is 0 Å². The molecule has 1 fully saturated rings. The monoisotopic (exact) mass is 613 g/mol. The van der Waals surface area contributed by atoms with Crippen molar-refractivity contribution in [3.63, 3.8) is 0 Å². The van der Waals surface area contributed by atoms with Crippen molar-refractivity contribution < 1.29 is 13.7 Å². The Morgan fingerprint density at radius 1 is 0.447 bits per heavy atom. The van der Waals surface area contributed by atoms with E-state index >= 15 is 0 Å². The number of furan rings is 1. The van der Waals surface area contributed by atoms with E-state index in [0.717, 1.165) is 44.5 Å². The molecule has 0 atom stereocenters. The molecular formula is C42H36BNO3. The number of nitrogens with zero attached hydrogens (tertiary/aromatic N) is 1. The van der Waals surface area contributed by atoms with Gasteiger partial charge < -0.3 is 18.6 Å². The lowest BCUT2D eigenvalue weighted by Gasteiger charge is -2.32. The number of anilines is 3. The number of benzene rings is 6. The second-order valence-corrected chi connectivity index (χ2v) is 13.2. The third-order valence-electron chi connectivity index (χ3n) is 9.75. The average molecular weight is 614 g/mol. The predicted molar refractivity (Wildman–Crippen MR) is 195 cm³/mol. The van der Waals surface area contributed by atoms with Crippen molar-refractivity contribution in [1.29, 1.82) is 0 Å². The summed E-state index contributed by atoms with van der Waals surface area (Å²) in [4.78, 5) is 2.28. The van der Waals surface area contributed by atoms with Crippen LogP contribution in [0.2, 0.25) is 0 Å². The minimum Gasteiger partial charge on any atom is -0.454 e. The van der Waals surface area contributed by atoms with Gasteiger partial charge in [0.15, 0.2) is 5.58 Å². The predicted octanol–water partition coefficient (Wildman–Crippen LogP) is 10.7. The van der Waals surface area contributed by atoms with Crippen molar-refractivity contribution in [2.24, 2.45) is 0 Å². The largest absolute Gasteiger partial charge is 0.498 e. The van der Waals surface area contributed by atoms with Gasteiger partial charge in [0, 0.05) is 27.6 Å². The molecule has 1 saturated heterocycles. The molecule has 0 amide bonds. The summed E-state index contributed by atoms with van der Waals surface area (Å²) in [5.74, 6) is 0. The maximum absolute atomic E-state index is 6.87. The van der Waals surface area contributed by atoms with Crippen LogP contribution in [0.1, 0.15) is 27.7 Å². The summed E-state index contributed by atoms with van der Waals surface area (Å²) in [7, 11) is -0.528. The molecule has 0 spiro atoms. The van der Waals surface area contributed by atoms with Crippen LogP contribution in [0.15, 0.2) is 150 Å². The molecule has 1 aliphatic rings. The van der Waals surface area contributed by atoms with Crippen LogP contribution in [0.5, 0.6) is 0 Å². The van der Waals surface area contributed by atoms with Crippen LogP contribution in [0.25, 0.3) is 44.2 Å². The molecule has 8 rings (SSSR count). The van der Waals surface area contributed by atoms with Gasteiger partial charge in [-0.15, -0.1) is 0 Å². The molecule has 0 saturated carbocycles. The van der Waals surface area contributed by atoms with Gasteiger partial charge in [-0.3, -0.25) is 0 Å². The molecule has 6 aromatic carbocycles. The van der Waals surface area contributed by atoms with Gasteiger partial charge in [-0.2, -0.15) is 0 Å². The SMILES string of the molecule is CC1(C)OB(c2cccc3c2oc2c(N(c4ccc(-c5ccccc5)cc4)c4ccc(-c5ccccc5)cc4)cccc23)OC1(C)C. The molecule has 0 N–H and O–H groups in total. The Morgan fingerprint density at radius 3 is 1.40 bits per heavy atom. The zero-order valence-corrected chi connectivity index (χ0v) is 27.1. The van der Waals surface area contributed by atoms with Crippen molar-refractivity contribution in [2.75, 3.05) is 4.90 Å². The highest BCUT2D eigenvalue weighted by Gasteiger charge is 2.52. The zero-order valence-electron chi connectivity index (χ0n) is 27.1. The smallest absolute Gasteiger partial charge is 0.454 e. The Labute approximate surface area is 276 Å². The second kappa shape index (κ2) is 11.3. The quantitative estimate of drug-likeness (QED) is 0.175. The van der Waals surface area contributed by atoms with Gasteiger partial charge in [0.2, 0.25) is 0 Å². The van der Waals surface area contributed by atoms with Gasteiger partial charge in [0.1, 0.15) is 5.58 Å². The van der Waals surface area contributed by atoms with E-state index < -0.39 is 18.3 Å². The lowest BCUT2D eigenvalue weighted by Crippen LogP contribution is -2.41. The van der Waals surface area contributed by atoms with E-state index in [1.54, 1.807) is 0 Å². The van der Waals surface area contributed by atoms with E-state index in [1.807, 2.05) is 12.1 Å². The first kappa shape index (κ1) is 29.3. The first-order chi connectivity index (χ1) is 22.8. The maximum atomic E-state index is 6.87. The molecule has 0 bridgehead atoms. The number of hydrogen-bond acceptors (Lipinski definition) is 4. The fraction of sp³-hybridized carbons (Fsp3) is 0.143. The summed E-state index contributed by atoms with van der Waals surface area (Å²) >= 11 is 0. The molecule has 47 heavy (non-hydrogen) atoms. The van der Waals surface area contributed by atoms with Crippen molar-refractivity contribution in [2.45, 2.75) is 38.9 Å². The number of fused-ring (bicyclic) bond motifs is 3. The average Bonchev–Trinajstić information content (AvgIpc) is 3.59. The van der Waals surface area contributed by atoms with E-state index in [-0.39, 0.29) is 0 Å². The standard InChI is InChI=1S/C42H36BNO3/c1-41(2)42(3,4)47-43(46-41)37-19-11-17-35-36-18-12-20-38(40(36)45-39(35)37)44(33-25-21-31(22-26-33)29-13-7-5-8-14-29)34-27-23-32(24-28-34)30-15-9-6-10-16-30/h5-28H,1-4H3. The third kappa shape index (κ3) is 5.13. The molecule has 0 radical (unpaired) electrons. The van der Waals surface area contributed by atoms with E-state index in [9.17, 15) is 0 Å². The summed E-state index contributed by atoms with van der Waals surface area (Å²) in [6.45, 7) is 8.31. The summed E-state index contributed by atoms with van der Waals surface area (Å²) in [6.07, 6.45) is 0. The second-order valence-electron chi connectivity index (χ2n) is 13.2. The summed E-state index contributed by atoms with van der Waals surface area (Å²) in [5.41, 5.74) is 9.33. The highest BCUT2D eigenvalue weighted by atomic mass is 16.7. The molecule has 0 aliphatic carbocycles. The molecule has 2 heterocycles. The number of rotatable bonds is 6.